The number of aliphatic hydroxyl groups excluding tert-OH is 1. The van der Waals surface area contributed by atoms with Gasteiger partial charge < -0.3 is 19.3 Å². The molecule has 234 valence electrons. The Morgan fingerprint density at radius 1 is 1.14 bits per heavy atom. The van der Waals surface area contributed by atoms with Crippen molar-refractivity contribution in [2.45, 2.75) is 102 Å². The predicted molar refractivity (Wildman–Crippen MR) is 140 cm³/mol. The van der Waals surface area contributed by atoms with E-state index < -0.39 is 94.7 Å². The molecule has 3 saturated carbocycles. The van der Waals surface area contributed by atoms with Crippen LogP contribution in [-0.2, 0) is 38.2 Å². The first-order chi connectivity index (χ1) is 20.2. The van der Waals surface area contributed by atoms with Crippen LogP contribution < -0.4 is 0 Å². The van der Waals surface area contributed by atoms with E-state index in [2.05, 4.69) is 0 Å². The minimum absolute atomic E-state index is 0.0113. The fourth-order valence-electron chi connectivity index (χ4n) is 8.88. The second kappa shape index (κ2) is 10.00. The van der Waals surface area contributed by atoms with E-state index in [4.69, 9.17) is 19.0 Å². The molecule has 2 heterocycles. The minimum atomic E-state index is -2.36. The molecule has 0 aromatic rings. The van der Waals surface area contributed by atoms with E-state index in [0.717, 1.165) is 6.08 Å². The van der Waals surface area contributed by atoms with E-state index >= 15 is 8.78 Å². The third-order valence-electron chi connectivity index (χ3n) is 10.9. The van der Waals surface area contributed by atoms with Gasteiger partial charge in [-0.1, -0.05) is 31.4 Å². The first-order valence-corrected chi connectivity index (χ1v) is 14.8. The highest BCUT2D eigenvalue weighted by atomic mass is 19.1. The van der Waals surface area contributed by atoms with E-state index in [-0.39, 0.29) is 37.7 Å². The highest BCUT2D eigenvalue weighted by Gasteiger charge is 2.80. The van der Waals surface area contributed by atoms with Gasteiger partial charge in [0.25, 0.3) is 11.8 Å². The fourth-order valence-corrected chi connectivity index (χ4v) is 8.88. The van der Waals surface area contributed by atoms with Crippen LogP contribution in [0.15, 0.2) is 23.8 Å². The van der Waals surface area contributed by atoms with Gasteiger partial charge in [0.1, 0.15) is 6.17 Å². The Morgan fingerprint density at radius 3 is 2.51 bits per heavy atom. The van der Waals surface area contributed by atoms with E-state index in [1.807, 2.05) is 6.92 Å². The molecule has 10 atom stereocenters. The summed E-state index contributed by atoms with van der Waals surface area (Å²) in [5.74, 6) is -4.37. The number of ether oxygens (including phenoxy) is 3. The summed E-state index contributed by atoms with van der Waals surface area (Å²) in [6.45, 7) is 4.21. The zero-order valence-corrected chi connectivity index (χ0v) is 24.2. The number of hydrogen-bond acceptors (Lipinski definition) is 10. The number of hydroxylamine groups is 2. The first kappa shape index (κ1) is 30.0. The van der Waals surface area contributed by atoms with Crippen molar-refractivity contribution in [1.29, 1.82) is 0 Å². The molecule has 6 aliphatic rings. The molecule has 6 rings (SSSR count). The van der Waals surface area contributed by atoms with Crippen LogP contribution in [0.3, 0.4) is 0 Å². The molecule has 0 radical (unpaired) electrons. The summed E-state index contributed by atoms with van der Waals surface area (Å²) in [5, 5.41) is 11.9. The third kappa shape index (κ3) is 3.96. The smallest absolute Gasteiger partial charge is 0.425 e. The molecule has 11 nitrogen and oxygen atoms in total. The van der Waals surface area contributed by atoms with Gasteiger partial charge in [0, 0.05) is 29.6 Å². The van der Waals surface area contributed by atoms with Crippen molar-refractivity contribution in [2.24, 2.45) is 22.7 Å². The number of aliphatic hydroxyl groups is 1. The van der Waals surface area contributed by atoms with Crippen molar-refractivity contribution >= 4 is 29.5 Å². The maximum absolute atomic E-state index is 17.5. The lowest BCUT2D eigenvalue weighted by Gasteiger charge is -2.63. The number of amides is 2. The maximum atomic E-state index is 17.5. The van der Waals surface area contributed by atoms with E-state index in [9.17, 15) is 29.1 Å². The molecule has 1 unspecified atom stereocenters. The Balaban J connectivity index is 1.32. The molecular weight excluding hydrogens is 572 g/mol. The quantitative estimate of drug-likeness (QED) is 0.353. The van der Waals surface area contributed by atoms with Gasteiger partial charge in [-0.15, -0.1) is 0 Å². The highest BCUT2D eigenvalue weighted by molar-refractivity contribution is 6.02. The number of ketones is 2. The molecular formula is C30H35F2NO10. The number of fused-ring (bicyclic) bond motifs is 7. The molecule has 13 heteroatoms. The predicted octanol–water partition coefficient (Wildman–Crippen LogP) is 2.98. The molecule has 5 fully saturated rings. The lowest BCUT2D eigenvalue weighted by Crippen LogP contribution is -2.71. The Morgan fingerprint density at radius 2 is 1.84 bits per heavy atom. The molecule has 2 amide bonds. The summed E-state index contributed by atoms with van der Waals surface area (Å²) in [6, 6.07) is 0. The van der Waals surface area contributed by atoms with Crippen molar-refractivity contribution < 1.29 is 56.9 Å². The van der Waals surface area contributed by atoms with Crippen LogP contribution in [-0.4, -0.2) is 82.3 Å². The second-order valence-corrected chi connectivity index (χ2v) is 12.9. The van der Waals surface area contributed by atoms with Crippen LogP contribution in [0.1, 0.15) is 65.7 Å². The first-order valence-electron chi connectivity index (χ1n) is 14.8. The van der Waals surface area contributed by atoms with Crippen LogP contribution in [0.25, 0.3) is 0 Å². The lowest BCUT2D eigenvalue weighted by molar-refractivity contribution is -0.234. The second-order valence-electron chi connectivity index (χ2n) is 12.9. The summed E-state index contributed by atoms with van der Waals surface area (Å²) >= 11 is 0. The zero-order valence-electron chi connectivity index (χ0n) is 24.2. The van der Waals surface area contributed by atoms with Crippen molar-refractivity contribution in [3.63, 3.8) is 0 Å². The lowest BCUT2D eigenvalue weighted by atomic mass is 9.44. The van der Waals surface area contributed by atoms with Crippen molar-refractivity contribution in [2.75, 3.05) is 6.61 Å². The molecule has 2 saturated heterocycles. The van der Waals surface area contributed by atoms with E-state index in [1.165, 1.54) is 19.1 Å². The van der Waals surface area contributed by atoms with Gasteiger partial charge in [-0.3, -0.25) is 24.0 Å². The number of carbonyl (C=O) groups excluding carboxylic acids is 5. The normalized spacial score (nSPS) is 44.8. The molecule has 2 aliphatic heterocycles. The fraction of sp³-hybridized carbons (Fsp3) is 0.700. The minimum Gasteiger partial charge on any atom is -0.425 e. The summed E-state index contributed by atoms with van der Waals surface area (Å²) < 4.78 is 50.9. The van der Waals surface area contributed by atoms with Gasteiger partial charge in [-0.2, -0.15) is 0 Å². The van der Waals surface area contributed by atoms with Crippen molar-refractivity contribution in [3.05, 3.63) is 23.8 Å². The number of Topliss-reactive ketones (excluding diaryl/α,β-unsaturated/α-hetero) is 1. The molecule has 0 spiro atoms. The van der Waals surface area contributed by atoms with Crippen molar-refractivity contribution in [3.8, 4) is 0 Å². The SMILES string of the molecule is CCCC1O[C@@H]2C[C@H]3[C@@H]4C[C@H](F)C5=CC(=O)C=C[C@]5(C)[C@@]4(F)[C@@H](O)C[C@]3(C)[C@]2(C(=O)COC(=O)ON2C(=O)CCC2=O)O1. The molecule has 0 bridgehead atoms. The van der Waals surface area contributed by atoms with Gasteiger partial charge in [0.2, 0.25) is 5.78 Å². The van der Waals surface area contributed by atoms with Crippen LogP contribution in [0, 0.1) is 22.7 Å². The van der Waals surface area contributed by atoms with Gasteiger partial charge in [0.05, 0.1) is 12.2 Å². The highest BCUT2D eigenvalue weighted by Crippen LogP contribution is 2.72. The van der Waals surface area contributed by atoms with Gasteiger partial charge >= 0.3 is 6.16 Å². The number of halogens is 2. The number of imide groups is 1. The van der Waals surface area contributed by atoms with E-state index in [0.29, 0.717) is 17.9 Å². The number of rotatable bonds is 6. The number of carbonyl (C=O) groups is 5. The molecule has 0 aromatic heterocycles. The van der Waals surface area contributed by atoms with E-state index in [1.54, 1.807) is 6.92 Å². The average molecular weight is 608 g/mol. The Labute approximate surface area is 246 Å². The summed E-state index contributed by atoms with van der Waals surface area (Å²) in [6.07, 6.45) is -2.44. The number of alkyl halides is 2. The monoisotopic (exact) mass is 607 g/mol. The van der Waals surface area contributed by atoms with Crippen LogP contribution in [0.5, 0.6) is 0 Å². The Kier molecular flexibility index (Phi) is 6.98. The summed E-state index contributed by atoms with van der Waals surface area (Å²) in [5.41, 5.74) is -7.01. The summed E-state index contributed by atoms with van der Waals surface area (Å²) in [4.78, 5) is 66.8. The standard InChI is InChI=1S/C30H35F2NO10/c1-4-5-25-41-22-12-16-17-11-19(31)18-10-15(34)8-9-27(18,2)29(17,32)20(35)13-28(16,3)30(22,42-25)21(36)14-40-26(39)43-33-23(37)6-7-24(33)38/h8-10,16-17,19-20,22,25,35H,4-7,11-14H2,1-3H3/t16-,17-,19-,20-,22+,25?,27-,28-,29-,30+/m0/s1. The number of allylic oxidation sites excluding steroid dienone is 4. The van der Waals surface area contributed by atoms with Crippen LogP contribution in [0.2, 0.25) is 0 Å². The largest absolute Gasteiger partial charge is 0.534 e. The number of nitrogens with zero attached hydrogens (tertiary/aromatic N) is 1. The summed E-state index contributed by atoms with van der Waals surface area (Å²) in [7, 11) is 0. The number of hydrogen-bond donors (Lipinski definition) is 1. The van der Waals surface area contributed by atoms with Crippen molar-refractivity contribution in [1.82, 2.24) is 5.06 Å². The molecule has 43 heavy (non-hydrogen) atoms. The van der Waals surface area contributed by atoms with Gasteiger partial charge in [0.15, 0.2) is 29.9 Å². The third-order valence-corrected chi connectivity index (χ3v) is 10.9. The maximum Gasteiger partial charge on any atom is 0.534 e. The average Bonchev–Trinajstić information content (AvgIpc) is 3.55. The zero-order chi connectivity index (χ0) is 31.1. The van der Waals surface area contributed by atoms with Gasteiger partial charge in [-0.25, -0.2) is 13.6 Å². The van der Waals surface area contributed by atoms with Crippen LogP contribution in [0.4, 0.5) is 13.6 Å². The molecule has 0 aromatic carbocycles. The Bertz CT molecular complexity index is 1330. The van der Waals surface area contributed by atoms with Crippen LogP contribution >= 0.6 is 0 Å². The van der Waals surface area contributed by atoms with Gasteiger partial charge in [-0.05, 0) is 56.3 Å². The molecule has 1 N–H and O–H groups in total. The Hall–Kier alpha value is -3.03. The molecule has 4 aliphatic carbocycles. The topological polar surface area (TPSA) is 146 Å².